The summed E-state index contributed by atoms with van der Waals surface area (Å²) in [6.45, 7) is 0. The molecule has 6 N–H and O–H groups in total. The fourth-order valence-corrected chi connectivity index (χ4v) is 1.25. The Hall–Kier alpha value is 0.986. The number of hydrogen-bond donors (Lipinski definition) is 4. The van der Waals surface area contributed by atoms with Gasteiger partial charge in [-0.1, -0.05) is 0 Å². The molecule has 2 radical (unpaired) electrons. The fraction of sp³-hybridized carbons (Fsp3) is 0. The average molecular weight is 220 g/mol. The van der Waals surface area contributed by atoms with Crippen LogP contribution in [0.3, 0.4) is 0 Å². The summed E-state index contributed by atoms with van der Waals surface area (Å²) in [5.74, 6) is 0. The van der Waals surface area contributed by atoms with E-state index < -0.39 is 15.6 Å². The van der Waals surface area contributed by atoms with Crippen molar-refractivity contribution < 1.29 is 38.5 Å². The van der Waals surface area contributed by atoms with Crippen molar-refractivity contribution in [1.82, 2.24) is 0 Å². The van der Waals surface area contributed by atoms with Gasteiger partial charge < -0.3 is 25.0 Å². The third-order valence-corrected chi connectivity index (χ3v) is 1.91. The van der Waals surface area contributed by atoms with E-state index in [1.165, 1.54) is 0 Å². The number of rotatable bonds is 2. The smallest absolute Gasteiger partial charge is 0.412 e. The van der Waals surface area contributed by atoms with E-state index >= 15 is 0 Å². The molecule has 0 spiro atoms. The summed E-state index contributed by atoms with van der Waals surface area (Å²) in [4.78, 5) is 31.0. The van der Waals surface area contributed by atoms with Gasteiger partial charge in [0.25, 0.3) is 0 Å². The third-order valence-electron chi connectivity index (χ3n) is 0.213. The molecular formula is H6MgO8P2. The van der Waals surface area contributed by atoms with Crippen molar-refractivity contribution in [2.75, 3.05) is 0 Å². The van der Waals surface area contributed by atoms with Gasteiger partial charge in [-0.05, 0) is 0 Å². The molecule has 0 fully saturated rings. The fourth-order valence-electron chi connectivity index (χ4n) is 0.139. The molecule has 0 amide bonds. The Morgan fingerprint density at radius 1 is 0.909 bits per heavy atom. The molecule has 66 valence electrons. The lowest BCUT2D eigenvalue weighted by Gasteiger charge is -2.03. The Morgan fingerprint density at radius 2 is 1.09 bits per heavy atom. The molecule has 0 aromatic carbocycles. The van der Waals surface area contributed by atoms with Gasteiger partial charge in [-0.2, -0.15) is 4.31 Å². The highest BCUT2D eigenvalue weighted by molar-refractivity contribution is 7.60. The van der Waals surface area contributed by atoms with E-state index in [9.17, 15) is 9.13 Å². The molecule has 0 aromatic heterocycles. The SMILES string of the molecule is O.O=P(O)(O)OP(=O)(O)O.[Mg]. The van der Waals surface area contributed by atoms with Crippen molar-refractivity contribution in [3.63, 3.8) is 0 Å². The van der Waals surface area contributed by atoms with E-state index in [1.807, 2.05) is 0 Å². The largest absolute Gasteiger partial charge is 0.478 e. The predicted molar refractivity (Wildman–Crippen MR) is 34.5 cm³/mol. The Labute approximate surface area is 77.5 Å². The van der Waals surface area contributed by atoms with Crippen molar-refractivity contribution in [2.24, 2.45) is 0 Å². The van der Waals surface area contributed by atoms with Gasteiger partial charge in [0.1, 0.15) is 0 Å². The van der Waals surface area contributed by atoms with E-state index in [0.29, 0.717) is 0 Å². The average Bonchev–Trinajstić information content (AvgIpc) is 1.14. The second-order valence-electron chi connectivity index (χ2n) is 1.06. The van der Waals surface area contributed by atoms with Crippen molar-refractivity contribution in [3.05, 3.63) is 0 Å². The maximum Gasteiger partial charge on any atom is 0.478 e. The lowest BCUT2D eigenvalue weighted by atomic mass is 15.7. The summed E-state index contributed by atoms with van der Waals surface area (Å²) in [6, 6.07) is 0. The summed E-state index contributed by atoms with van der Waals surface area (Å²) in [6.07, 6.45) is 0. The van der Waals surface area contributed by atoms with E-state index in [0.717, 1.165) is 0 Å². The third kappa shape index (κ3) is 18.2. The molecule has 0 aliphatic carbocycles. The Balaban J connectivity index is -0.000000320. The van der Waals surface area contributed by atoms with Gasteiger partial charge in [0.15, 0.2) is 0 Å². The summed E-state index contributed by atoms with van der Waals surface area (Å²) in [5.41, 5.74) is 0. The van der Waals surface area contributed by atoms with E-state index in [-0.39, 0.29) is 28.5 Å². The van der Waals surface area contributed by atoms with Crippen molar-refractivity contribution >= 4 is 38.7 Å². The van der Waals surface area contributed by atoms with Gasteiger partial charge >= 0.3 is 15.6 Å². The second kappa shape index (κ2) is 5.60. The molecule has 0 saturated heterocycles. The molecular weight excluding hydrogens is 214 g/mol. The number of hydrogen-bond acceptors (Lipinski definition) is 3. The molecule has 8 nitrogen and oxygen atoms in total. The van der Waals surface area contributed by atoms with Crippen LogP contribution < -0.4 is 0 Å². The van der Waals surface area contributed by atoms with Crippen LogP contribution in [0.4, 0.5) is 0 Å². The van der Waals surface area contributed by atoms with Gasteiger partial charge in [-0.15, -0.1) is 0 Å². The van der Waals surface area contributed by atoms with Crippen LogP contribution >= 0.6 is 15.6 Å². The molecule has 0 aliphatic heterocycles. The van der Waals surface area contributed by atoms with E-state index in [4.69, 9.17) is 19.6 Å². The highest BCUT2D eigenvalue weighted by Crippen LogP contribution is 2.53. The highest BCUT2D eigenvalue weighted by Gasteiger charge is 2.27. The second-order valence-corrected chi connectivity index (χ2v) is 3.68. The molecule has 0 unspecified atom stereocenters. The summed E-state index contributed by atoms with van der Waals surface area (Å²) in [7, 11) is -10.1. The molecule has 0 atom stereocenters. The van der Waals surface area contributed by atoms with Crippen LogP contribution in [0, 0.1) is 0 Å². The first kappa shape index (κ1) is 17.9. The topological polar surface area (TPSA) is 156 Å². The van der Waals surface area contributed by atoms with Crippen LogP contribution in [0.25, 0.3) is 0 Å². The van der Waals surface area contributed by atoms with E-state index in [2.05, 4.69) is 4.31 Å². The highest BCUT2D eigenvalue weighted by atomic mass is 31.3. The van der Waals surface area contributed by atoms with Crippen LogP contribution in [0.5, 0.6) is 0 Å². The zero-order valence-electron chi connectivity index (χ0n) is 5.12. The van der Waals surface area contributed by atoms with Crippen molar-refractivity contribution in [3.8, 4) is 0 Å². The normalized spacial score (nSPS) is 11.3. The Bertz CT molecular complexity index is 153. The lowest BCUT2D eigenvalue weighted by molar-refractivity contribution is 0.225. The number of phosphoric acid groups is 2. The first-order chi connectivity index (χ1) is 3.71. The quantitative estimate of drug-likeness (QED) is 0.309. The van der Waals surface area contributed by atoms with Crippen molar-refractivity contribution in [1.29, 1.82) is 0 Å². The maximum atomic E-state index is 9.63. The standard InChI is InChI=1S/Mg.H4O7P2.H2O/c;1-8(2,3)7-9(4,5)6;/h;(H2,1,2,3)(H2,4,5,6);1H2. The first-order valence-corrected chi connectivity index (χ1v) is 4.59. The van der Waals surface area contributed by atoms with Gasteiger partial charge in [-0.25, -0.2) is 9.13 Å². The summed E-state index contributed by atoms with van der Waals surface area (Å²) < 4.78 is 22.2. The molecule has 0 bridgehead atoms. The van der Waals surface area contributed by atoms with Gasteiger partial charge in [0, 0.05) is 23.1 Å². The van der Waals surface area contributed by atoms with Crippen LogP contribution in [0.1, 0.15) is 0 Å². The van der Waals surface area contributed by atoms with Crippen molar-refractivity contribution in [2.45, 2.75) is 0 Å². The minimum Gasteiger partial charge on any atom is -0.412 e. The molecule has 11 heteroatoms. The molecule has 11 heavy (non-hydrogen) atoms. The molecule has 0 aliphatic rings. The van der Waals surface area contributed by atoms with Crippen LogP contribution in [-0.4, -0.2) is 48.1 Å². The summed E-state index contributed by atoms with van der Waals surface area (Å²) >= 11 is 0. The molecule has 0 rings (SSSR count). The van der Waals surface area contributed by atoms with Gasteiger partial charge in [0.05, 0.1) is 0 Å². The molecule has 0 heterocycles. The zero-order valence-corrected chi connectivity index (χ0v) is 8.32. The van der Waals surface area contributed by atoms with Gasteiger partial charge in [-0.3, -0.25) is 0 Å². The van der Waals surface area contributed by atoms with Crippen LogP contribution in [0.2, 0.25) is 0 Å². The molecule has 0 saturated carbocycles. The van der Waals surface area contributed by atoms with E-state index in [1.54, 1.807) is 0 Å². The monoisotopic (exact) mass is 220 g/mol. The zero-order chi connectivity index (χ0) is 7.71. The lowest BCUT2D eigenvalue weighted by Crippen LogP contribution is -1.84. The maximum absolute atomic E-state index is 9.63. The molecule has 0 aromatic rings. The van der Waals surface area contributed by atoms with Gasteiger partial charge in [0.2, 0.25) is 0 Å². The minimum atomic E-state index is -5.05. The Morgan fingerprint density at radius 3 is 1.09 bits per heavy atom. The van der Waals surface area contributed by atoms with Crippen LogP contribution in [-0.2, 0) is 13.4 Å². The summed E-state index contributed by atoms with van der Waals surface area (Å²) in [5, 5.41) is 0. The van der Waals surface area contributed by atoms with Crippen LogP contribution in [0.15, 0.2) is 0 Å². The first-order valence-electron chi connectivity index (χ1n) is 1.53. The predicted octanol–water partition coefficient (Wildman–Crippen LogP) is -2.02. The Kier molecular flexibility index (Phi) is 9.12. The minimum absolute atomic E-state index is 0.